The first-order valence-electron chi connectivity index (χ1n) is 11.2. The first-order valence-corrected chi connectivity index (χ1v) is 12.0. The van der Waals surface area contributed by atoms with Crippen molar-refractivity contribution in [2.75, 3.05) is 11.4 Å². The highest BCUT2D eigenvalue weighted by Gasteiger charge is 2.35. The van der Waals surface area contributed by atoms with Gasteiger partial charge in [-0.3, -0.25) is 0 Å². The zero-order chi connectivity index (χ0) is 21.1. The largest absolute Gasteiger partial charge is 0.391 e. The number of thiazole rings is 1. The predicted octanol–water partition coefficient (Wildman–Crippen LogP) is 4.70. The predicted molar refractivity (Wildman–Crippen MR) is 119 cm³/mol. The molecule has 2 N–H and O–H groups in total. The van der Waals surface area contributed by atoms with Gasteiger partial charge in [0, 0.05) is 24.5 Å². The first-order chi connectivity index (χ1) is 14.6. The molecule has 0 radical (unpaired) electrons. The Morgan fingerprint density at radius 2 is 2.13 bits per heavy atom. The van der Waals surface area contributed by atoms with Gasteiger partial charge in [-0.05, 0) is 74.1 Å². The van der Waals surface area contributed by atoms with Crippen molar-refractivity contribution in [3.63, 3.8) is 0 Å². The van der Waals surface area contributed by atoms with Crippen LogP contribution in [0.5, 0.6) is 0 Å². The average Bonchev–Trinajstić information content (AvgIpc) is 3.40. The number of nitriles is 1. The number of fused-ring (bicyclic) bond motifs is 1. The standard InChI is InChI=1S/C24H31N3O2S/c1-2-16-6-9-23(29)20-8-7-18(12-21(16)20)27-11-10-17(13-25)22(27)4-3-5-24-26-14-19(15-28)30-24/h7-8,12,14,16-17,22-23,28-29H,2-6,9-11,15H2,1H3. The maximum absolute atomic E-state index is 10.4. The summed E-state index contributed by atoms with van der Waals surface area (Å²) < 4.78 is 0. The van der Waals surface area contributed by atoms with Crippen LogP contribution in [0.4, 0.5) is 5.69 Å². The van der Waals surface area contributed by atoms with Crippen LogP contribution in [0.2, 0.25) is 0 Å². The summed E-state index contributed by atoms with van der Waals surface area (Å²) in [6.07, 6.45) is 8.14. The SMILES string of the molecule is CCC1CCC(O)c2ccc(N3CCC(C#N)C3CCCc3ncc(CO)s3)cc21. The van der Waals surface area contributed by atoms with Crippen LogP contribution in [-0.4, -0.2) is 27.8 Å². The van der Waals surface area contributed by atoms with Crippen LogP contribution in [0.15, 0.2) is 24.4 Å². The zero-order valence-corrected chi connectivity index (χ0v) is 18.4. The number of rotatable bonds is 7. The summed E-state index contributed by atoms with van der Waals surface area (Å²) in [5.74, 6) is 0.569. The van der Waals surface area contributed by atoms with E-state index in [0.29, 0.717) is 5.92 Å². The molecule has 4 atom stereocenters. The van der Waals surface area contributed by atoms with E-state index in [9.17, 15) is 15.5 Å². The molecule has 0 spiro atoms. The topological polar surface area (TPSA) is 80.4 Å². The van der Waals surface area contributed by atoms with Crippen LogP contribution < -0.4 is 4.90 Å². The van der Waals surface area contributed by atoms with Gasteiger partial charge in [0.15, 0.2) is 0 Å². The van der Waals surface area contributed by atoms with Crippen molar-refractivity contribution in [2.45, 2.75) is 76.5 Å². The highest BCUT2D eigenvalue weighted by atomic mass is 32.1. The van der Waals surface area contributed by atoms with E-state index in [-0.39, 0.29) is 24.7 Å². The highest BCUT2D eigenvalue weighted by molar-refractivity contribution is 7.11. The molecule has 2 heterocycles. The lowest BCUT2D eigenvalue weighted by Crippen LogP contribution is -2.33. The molecule has 1 aliphatic heterocycles. The van der Waals surface area contributed by atoms with Crippen molar-refractivity contribution >= 4 is 17.0 Å². The molecule has 5 nitrogen and oxygen atoms in total. The first kappa shape index (κ1) is 21.3. The Morgan fingerprint density at radius 3 is 2.87 bits per heavy atom. The molecule has 1 saturated heterocycles. The van der Waals surface area contributed by atoms with E-state index < -0.39 is 0 Å². The zero-order valence-electron chi connectivity index (χ0n) is 17.6. The normalized spacial score (nSPS) is 25.9. The van der Waals surface area contributed by atoms with Gasteiger partial charge in [0.05, 0.1) is 34.6 Å². The van der Waals surface area contributed by atoms with E-state index in [1.165, 1.54) is 11.3 Å². The molecule has 1 aromatic heterocycles. The fourth-order valence-corrected chi connectivity index (χ4v) is 6.00. The molecule has 6 heteroatoms. The molecule has 2 aromatic rings. The molecule has 4 unspecified atom stereocenters. The Labute approximate surface area is 183 Å². The third-order valence-electron chi connectivity index (χ3n) is 6.84. The summed E-state index contributed by atoms with van der Waals surface area (Å²) in [7, 11) is 0. The highest BCUT2D eigenvalue weighted by Crippen LogP contribution is 2.42. The van der Waals surface area contributed by atoms with E-state index in [1.54, 1.807) is 17.5 Å². The van der Waals surface area contributed by atoms with Crippen molar-refractivity contribution in [3.8, 4) is 6.07 Å². The number of hydrogen-bond donors (Lipinski definition) is 2. The van der Waals surface area contributed by atoms with Gasteiger partial charge in [-0.25, -0.2) is 4.98 Å². The van der Waals surface area contributed by atoms with E-state index >= 15 is 0 Å². The molecule has 1 aromatic carbocycles. The Bertz CT molecular complexity index is 906. The number of aliphatic hydroxyl groups is 2. The Hall–Kier alpha value is -1.94. The minimum absolute atomic E-state index is 0.0519. The number of nitrogens with zero attached hydrogens (tertiary/aromatic N) is 3. The van der Waals surface area contributed by atoms with Crippen molar-refractivity contribution in [2.24, 2.45) is 5.92 Å². The third-order valence-corrected chi connectivity index (χ3v) is 7.88. The minimum Gasteiger partial charge on any atom is -0.391 e. The Kier molecular flexibility index (Phi) is 6.72. The summed E-state index contributed by atoms with van der Waals surface area (Å²) in [6, 6.07) is 9.29. The summed E-state index contributed by atoms with van der Waals surface area (Å²) in [5, 5.41) is 30.4. The smallest absolute Gasteiger partial charge is 0.0928 e. The lowest BCUT2D eigenvalue weighted by atomic mass is 9.79. The molecular weight excluding hydrogens is 394 g/mol. The second-order valence-corrected chi connectivity index (χ2v) is 9.77. The van der Waals surface area contributed by atoms with Gasteiger partial charge in [0.1, 0.15) is 0 Å². The molecule has 0 bridgehead atoms. The van der Waals surface area contributed by atoms with Crippen molar-refractivity contribution in [1.82, 2.24) is 4.98 Å². The molecule has 30 heavy (non-hydrogen) atoms. The molecular formula is C24H31N3O2S. The number of benzene rings is 1. The van der Waals surface area contributed by atoms with Gasteiger partial charge >= 0.3 is 0 Å². The molecule has 160 valence electrons. The van der Waals surface area contributed by atoms with Crippen LogP contribution in [0.25, 0.3) is 0 Å². The third kappa shape index (κ3) is 4.25. The second-order valence-electron chi connectivity index (χ2n) is 8.57. The van der Waals surface area contributed by atoms with Crippen molar-refractivity contribution < 1.29 is 10.2 Å². The van der Waals surface area contributed by atoms with E-state index in [2.05, 4.69) is 41.1 Å². The quantitative estimate of drug-likeness (QED) is 0.672. The summed E-state index contributed by atoms with van der Waals surface area (Å²) in [6.45, 7) is 3.19. The number of aryl methyl sites for hydroxylation is 1. The molecule has 1 aliphatic carbocycles. The number of aliphatic hydroxyl groups excluding tert-OH is 2. The molecule has 2 aliphatic rings. The van der Waals surface area contributed by atoms with Crippen molar-refractivity contribution in [1.29, 1.82) is 5.26 Å². The van der Waals surface area contributed by atoms with Gasteiger partial charge in [-0.15, -0.1) is 11.3 Å². The van der Waals surface area contributed by atoms with Crippen LogP contribution in [0.3, 0.4) is 0 Å². The molecule has 0 amide bonds. The summed E-state index contributed by atoms with van der Waals surface area (Å²) >= 11 is 1.57. The second kappa shape index (κ2) is 9.47. The molecule has 0 saturated carbocycles. The van der Waals surface area contributed by atoms with Crippen LogP contribution in [0, 0.1) is 17.2 Å². The van der Waals surface area contributed by atoms with E-state index in [4.69, 9.17) is 0 Å². The Balaban J connectivity index is 1.50. The van der Waals surface area contributed by atoms with Crippen LogP contribution >= 0.6 is 11.3 Å². The van der Waals surface area contributed by atoms with Crippen LogP contribution in [-0.2, 0) is 13.0 Å². The van der Waals surface area contributed by atoms with Crippen molar-refractivity contribution in [3.05, 3.63) is 45.4 Å². The average molecular weight is 426 g/mol. The van der Waals surface area contributed by atoms with Crippen LogP contribution in [0.1, 0.15) is 78.5 Å². The number of hydrogen-bond acceptors (Lipinski definition) is 6. The minimum atomic E-state index is -0.347. The summed E-state index contributed by atoms with van der Waals surface area (Å²) in [4.78, 5) is 7.72. The maximum Gasteiger partial charge on any atom is 0.0928 e. The van der Waals surface area contributed by atoms with Gasteiger partial charge < -0.3 is 15.1 Å². The van der Waals surface area contributed by atoms with Gasteiger partial charge in [0.2, 0.25) is 0 Å². The van der Waals surface area contributed by atoms with Gasteiger partial charge in [0.25, 0.3) is 0 Å². The molecule has 4 rings (SSSR count). The lowest BCUT2D eigenvalue weighted by molar-refractivity contribution is 0.150. The summed E-state index contributed by atoms with van der Waals surface area (Å²) in [5.41, 5.74) is 3.58. The van der Waals surface area contributed by atoms with E-state index in [0.717, 1.165) is 66.9 Å². The fourth-order valence-electron chi connectivity index (χ4n) is 5.17. The fraction of sp³-hybridized carbons (Fsp3) is 0.583. The Morgan fingerprint density at radius 1 is 1.27 bits per heavy atom. The number of anilines is 1. The maximum atomic E-state index is 10.4. The number of aromatic nitrogens is 1. The van der Waals surface area contributed by atoms with E-state index in [1.807, 2.05) is 0 Å². The lowest BCUT2D eigenvalue weighted by Gasteiger charge is -2.32. The monoisotopic (exact) mass is 425 g/mol. The van der Waals surface area contributed by atoms with Gasteiger partial charge in [-0.1, -0.05) is 13.0 Å². The molecule has 1 fully saturated rings. The van der Waals surface area contributed by atoms with Gasteiger partial charge in [-0.2, -0.15) is 5.26 Å².